The topological polar surface area (TPSA) is 113 Å². The van der Waals surface area contributed by atoms with Crippen LogP contribution in [0.2, 0.25) is 0 Å². The Morgan fingerprint density at radius 1 is 1.00 bits per heavy atom. The van der Waals surface area contributed by atoms with Crippen molar-refractivity contribution in [1.29, 1.82) is 5.26 Å². The maximum absolute atomic E-state index is 14.0. The number of piperazine rings is 1. The van der Waals surface area contributed by atoms with Crippen LogP contribution in [0.15, 0.2) is 48.7 Å². The molecule has 1 saturated carbocycles. The Labute approximate surface area is 247 Å². The number of rotatable bonds is 5. The van der Waals surface area contributed by atoms with Crippen LogP contribution in [-0.4, -0.2) is 79.3 Å². The maximum atomic E-state index is 14.0. The molecule has 3 fully saturated rings. The fraction of sp³-hybridized carbons (Fsp3) is 0.452. The van der Waals surface area contributed by atoms with Gasteiger partial charge in [0.1, 0.15) is 0 Å². The molecule has 6 rings (SSSR count). The minimum atomic E-state index is -3.33. The second-order valence-corrected chi connectivity index (χ2v) is 14.6. The van der Waals surface area contributed by atoms with E-state index < -0.39 is 33.8 Å². The fourth-order valence-electron chi connectivity index (χ4n) is 5.89. The molecule has 1 amide bonds. The Bertz CT molecular complexity index is 1720. The minimum absolute atomic E-state index is 0.201. The third-order valence-corrected chi connectivity index (χ3v) is 10.6. The van der Waals surface area contributed by atoms with Crippen LogP contribution < -0.4 is 5.46 Å². The van der Waals surface area contributed by atoms with Gasteiger partial charge >= 0.3 is 7.12 Å². The van der Waals surface area contributed by atoms with Gasteiger partial charge in [0.05, 0.1) is 40.0 Å². The number of benzene rings is 2. The van der Waals surface area contributed by atoms with E-state index in [2.05, 4.69) is 11.1 Å². The molecular formula is C31H35BN4O5S. The average Bonchev–Trinajstić information content (AvgIpc) is 3.72. The zero-order valence-electron chi connectivity index (χ0n) is 24.7. The van der Waals surface area contributed by atoms with E-state index >= 15 is 0 Å². The van der Waals surface area contributed by atoms with Crippen molar-refractivity contribution in [3.8, 4) is 17.2 Å². The molecule has 218 valence electrons. The predicted octanol–water partition coefficient (Wildman–Crippen LogP) is 3.47. The summed E-state index contributed by atoms with van der Waals surface area (Å²) in [5.41, 5.74) is 2.73. The molecule has 0 radical (unpaired) electrons. The summed E-state index contributed by atoms with van der Waals surface area (Å²) < 4.78 is 38.4. The number of hydrogen-bond donors (Lipinski definition) is 0. The minimum Gasteiger partial charge on any atom is -0.399 e. The van der Waals surface area contributed by atoms with Crippen molar-refractivity contribution in [3.05, 3.63) is 59.8 Å². The SMILES string of the molecule is CC1(C)OB(c2cc(-c3c(C(=O)N4CCN(S(C)(=O)=O)CC4)cnc4ccccc34)ccc2C2(C#N)CC2)OC1(C)C. The Hall–Kier alpha value is -3.30. The van der Waals surface area contributed by atoms with Crippen LogP contribution in [0.1, 0.15) is 56.5 Å². The summed E-state index contributed by atoms with van der Waals surface area (Å²) in [6, 6.07) is 16.2. The van der Waals surface area contributed by atoms with Crippen LogP contribution in [0.5, 0.6) is 0 Å². The largest absolute Gasteiger partial charge is 0.495 e. The summed E-state index contributed by atoms with van der Waals surface area (Å²) in [6.45, 7) is 9.10. The first-order valence-electron chi connectivity index (χ1n) is 14.3. The molecule has 0 bridgehead atoms. The molecule has 9 nitrogen and oxygen atoms in total. The van der Waals surface area contributed by atoms with E-state index in [4.69, 9.17) is 9.31 Å². The van der Waals surface area contributed by atoms with Crippen LogP contribution in [0.3, 0.4) is 0 Å². The molecule has 3 heterocycles. The van der Waals surface area contributed by atoms with Gasteiger partial charge in [-0.15, -0.1) is 0 Å². The summed E-state index contributed by atoms with van der Waals surface area (Å²) in [4.78, 5) is 20.3. The molecule has 11 heteroatoms. The second kappa shape index (κ2) is 9.88. The van der Waals surface area contributed by atoms with Crippen molar-refractivity contribution in [3.63, 3.8) is 0 Å². The van der Waals surface area contributed by atoms with Gasteiger partial charge in [0.2, 0.25) is 10.0 Å². The summed E-state index contributed by atoms with van der Waals surface area (Å²) in [5, 5.41) is 10.9. The van der Waals surface area contributed by atoms with Gasteiger partial charge in [0.15, 0.2) is 0 Å². The highest BCUT2D eigenvalue weighted by atomic mass is 32.2. The Morgan fingerprint density at radius 3 is 2.24 bits per heavy atom. The lowest BCUT2D eigenvalue weighted by Gasteiger charge is -2.33. The van der Waals surface area contributed by atoms with Gasteiger partial charge in [-0.25, -0.2) is 8.42 Å². The van der Waals surface area contributed by atoms with Crippen LogP contribution >= 0.6 is 0 Å². The number of hydrogen-bond acceptors (Lipinski definition) is 7. The molecule has 42 heavy (non-hydrogen) atoms. The predicted molar refractivity (Wildman–Crippen MR) is 162 cm³/mol. The lowest BCUT2D eigenvalue weighted by atomic mass is 9.71. The van der Waals surface area contributed by atoms with Gasteiger partial charge in [0, 0.05) is 43.3 Å². The van der Waals surface area contributed by atoms with E-state index in [1.807, 2.05) is 70.2 Å². The number of fused-ring (bicyclic) bond motifs is 1. The van der Waals surface area contributed by atoms with Crippen LogP contribution in [0, 0.1) is 11.3 Å². The lowest BCUT2D eigenvalue weighted by molar-refractivity contribution is 0.00578. The molecule has 2 aliphatic heterocycles. The maximum Gasteiger partial charge on any atom is 0.495 e. The van der Waals surface area contributed by atoms with Gasteiger partial charge in [-0.05, 0) is 63.2 Å². The van der Waals surface area contributed by atoms with E-state index in [-0.39, 0.29) is 19.0 Å². The average molecular weight is 587 g/mol. The van der Waals surface area contributed by atoms with Crippen LogP contribution in [0.25, 0.3) is 22.0 Å². The smallest absolute Gasteiger partial charge is 0.399 e. The highest BCUT2D eigenvalue weighted by Gasteiger charge is 2.55. The molecular weight excluding hydrogens is 551 g/mol. The van der Waals surface area contributed by atoms with Crippen molar-refractivity contribution < 1.29 is 22.5 Å². The van der Waals surface area contributed by atoms with Crippen molar-refractivity contribution in [2.45, 2.75) is 57.2 Å². The first-order chi connectivity index (χ1) is 19.8. The van der Waals surface area contributed by atoms with Crippen molar-refractivity contribution >= 4 is 39.4 Å². The Balaban J connectivity index is 1.47. The van der Waals surface area contributed by atoms with E-state index in [1.54, 1.807) is 11.1 Å². The molecule has 0 atom stereocenters. The number of amides is 1. The number of carbonyl (C=O) groups excluding carboxylic acids is 1. The highest BCUT2D eigenvalue weighted by molar-refractivity contribution is 7.88. The molecule has 3 aliphatic rings. The zero-order chi connectivity index (χ0) is 30.1. The number of para-hydroxylation sites is 1. The molecule has 0 unspecified atom stereocenters. The first kappa shape index (κ1) is 28.8. The van der Waals surface area contributed by atoms with E-state index in [9.17, 15) is 18.5 Å². The standard InChI is InChI=1S/C31H35BN4O5S/c1-29(2)30(3,4)41-32(40-29)25-18-21(10-11-24(25)31(20-33)12-13-31)27-22-8-6-7-9-26(22)34-19-23(27)28(37)35-14-16-36(17-15-35)42(5,38)39/h6-11,18-19H,12-17H2,1-5H3. The van der Waals surface area contributed by atoms with E-state index in [0.29, 0.717) is 18.7 Å². The fourth-order valence-corrected chi connectivity index (χ4v) is 6.72. The summed E-state index contributed by atoms with van der Waals surface area (Å²) in [5.74, 6) is -0.201. The van der Waals surface area contributed by atoms with Gasteiger partial charge in [-0.2, -0.15) is 9.57 Å². The van der Waals surface area contributed by atoms with Gasteiger partial charge in [-0.1, -0.05) is 36.4 Å². The molecule has 1 aliphatic carbocycles. The Morgan fingerprint density at radius 2 is 1.64 bits per heavy atom. The lowest BCUT2D eigenvalue weighted by Crippen LogP contribution is -2.50. The van der Waals surface area contributed by atoms with E-state index in [0.717, 1.165) is 45.9 Å². The van der Waals surface area contributed by atoms with Crippen LogP contribution in [0.4, 0.5) is 0 Å². The molecule has 1 aromatic heterocycles. The normalized spacial score (nSPS) is 21.3. The molecule has 2 saturated heterocycles. The molecule has 0 N–H and O–H groups in total. The van der Waals surface area contributed by atoms with Crippen molar-refractivity contribution in [1.82, 2.24) is 14.2 Å². The first-order valence-corrected chi connectivity index (χ1v) is 16.2. The number of aromatic nitrogens is 1. The third kappa shape index (κ3) is 4.80. The summed E-state index contributed by atoms with van der Waals surface area (Å²) in [7, 11) is -4.00. The van der Waals surface area contributed by atoms with Gasteiger partial charge < -0.3 is 14.2 Å². The summed E-state index contributed by atoms with van der Waals surface area (Å²) >= 11 is 0. The monoisotopic (exact) mass is 586 g/mol. The number of nitriles is 1. The van der Waals surface area contributed by atoms with Crippen molar-refractivity contribution in [2.75, 3.05) is 32.4 Å². The molecule has 3 aromatic rings. The summed E-state index contributed by atoms with van der Waals surface area (Å²) in [6.07, 6.45) is 4.35. The number of carbonyl (C=O) groups is 1. The Kier molecular flexibility index (Phi) is 6.78. The molecule has 2 aromatic carbocycles. The number of nitrogens with zero attached hydrogens (tertiary/aromatic N) is 4. The number of pyridine rings is 1. The van der Waals surface area contributed by atoms with Gasteiger partial charge in [0.25, 0.3) is 5.91 Å². The third-order valence-electron chi connectivity index (χ3n) is 9.33. The number of sulfonamides is 1. The van der Waals surface area contributed by atoms with Crippen LogP contribution in [-0.2, 0) is 24.7 Å². The zero-order valence-corrected chi connectivity index (χ0v) is 25.5. The van der Waals surface area contributed by atoms with Crippen molar-refractivity contribution in [2.24, 2.45) is 0 Å². The molecule has 0 spiro atoms. The van der Waals surface area contributed by atoms with Gasteiger partial charge in [-0.3, -0.25) is 9.78 Å². The van der Waals surface area contributed by atoms with E-state index in [1.165, 1.54) is 10.6 Å². The highest BCUT2D eigenvalue weighted by Crippen LogP contribution is 2.48. The second-order valence-electron chi connectivity index (χ2n) is 12.6. The quantitative estimate of drug-likeness (QED) is 0.421.